The summed E-state index contributed by atoms with van der Waals surface area (Å²) in [6, 6.07) is 19.4. The van der Waals surface area contributed by atoms with Gasteiger partial charge in [-0.2, -0.15) is 8.78 Å². The molecule has 0 aliphatic heterocycles. The van der Waals surface area contributed by atoms with E-state index in [1.807, 2.05) is 30.3 Å². The number of halogens is 2. The molecular weight excluding hydrogens is 434 g/mol. The molecule has 6 rings (SSSR count). The highest BCUT2D eigenvalue weighted by molar-refractivity contribution is 7.75. The van der Waals surface area contributed by atoms with Crippen molar-refractivity contribution in [2.75, 3.05) is 0 Å². The van der Waals surface area contributed by atoms with E-state index in [4.69, 9.17) is 17.8 Å². The van der Waals surface area contributed by atoms with Gasteiger partial charge in [-0.25, -0.2) is 0 Å². The van der Waals surface area contributed by atoms with E-state index in [0.717, 1.165) is 16.3 Å². The van der Waals surface area contributed by atoms with Gasteiger partial charge < -0.3 is 17.8 Å². The highest BCUT2D eigenvalue weighted by Crippen LogP contribution is 2.36. The minimum absolute atomic E-state index is 0.0140. The fourth-order valence-electron chi connectivity index (χ4n) is 4.00. The maximum absolute atomic E-state index is 15.0. The molecule has 2 heterocycles. The highest BCUT2D eigenvalue weighted by atomic mass is 32.1. The van der Waals surface area contributed by atoms with E-state index in [2.05, 4.69) is 12.9 Å². The summed E-state index contributed by atoms with van der Waals surface area (Å²) in [6.45, 7) is 0.100. The monoisotopic (exact) mass is 448 g/mol. The SMILES string of the molecule is Fc1c(OS)ccc2c1oc1cc(COc3ccc4c(oc5ccccc54)c3F)ccc12. The van der Waals surface area contributed by atoms with Crippen LogP contribution in [0.5, 0.6) is 11.5 Å². The minimum Gasteiger partial charge on any atom is -0.486 e. The lowest BCUT2D eigenvalue weighted by Crippen LogP contribution is -1.97. The van der Waals surface area contributed by atoms with Crippen LogP contribution in [-0.2, 0) is 6.61 Å². The van der Waals surface area contributed by atoms with Gasteiger partial charge in [0.15, 0.2) is 22.7 Å². The van der Waals surface area contributed by atoms with Gasteiger partial charge in [-0.15, -0.1) is 0 Å². The third-order valence-corrected chi connectivity index (χ3v) is 5.75. The van der Waals surface area contributed by atoms with Crippen LogP contribution in [0, 0.1) is 11.6 Å². The molecule has 158 valence electrons. The van der Waals surface area contributed by atoms with Crippen LogP contribution in [0.4, 0.5) is 8.78 Å². The number of hydrogen-bond donors (Lipinski definition) is 1. The molecule has 4 nitrogen and oxygen atoms in total. The molecule has 0 aliphatic carbocycles. The average Bonchev–Trinajstić information content (AvgIpc) is 3.38. The van der Waals surface area contributed by atoms with Crippen molar-refractivity contribution in [3.05, 3.63) is 83.9 Å². The quantitative estimate of drug-likeness (QED) is 0.223. The molecule has 0 saturated heterocycles. The fraction of sp³-hybridized carbons (Fsp3) is 0.0400. The lowest BCUT2D eigenvalue weighted by Gasteiger charge is -2.07. The first-order chi connectivity index (χ1) is 15.6. The second kappa shape index (κ2) is 7.17. The predicted molar refractivity (Wildman–Crippen MR) is 121 cm³/mol. The standard InChI is InChI=1S/C25H14F2O4S/c26-22-19(9-7-16-14-3-1-2-4-18(14)29-24(16)22)28-12-13-5-6-15-17-8-10-20(31-32)23(27)25(17)30-21(15)11-13/h1-11,32H,12H2. The number of para-hydroxylation sites is 1. The van der Waals surface area contributed by atoms with Crippen LogP contribution in [0.25, 0.3) is 43.9 Å². The molecule has 0 fully saturated rings. The molecule has 0 amide bonds. The number of hydrogen-bond acceptors (Lipinski definition) is 5. The van der Waals surface area contributed by atoms with Crippen molar-refractivity contribution in [1.29, 1.82) is 0 Å². The zero-order chi connectivity index (χ0) is 21.8. The van der Waals surface area contributed by atoms with Gasteiger partial charge in [-0.05, 0) is 42.0 Å². The molecule has 6 aromatic rings. The maximum Gasteiger partial charge on any atom is 0.209 e. The van der Waals surface area contributed by atoms with E-state index < -0.39 is 11.6 Å². The summed E-state index contributed by atoms with van der Waals surface area (Å²) in [5, 5.41) is 2.92. The first kappa shape index (κ1) is 19.0. The van der Waals surface area contributed by atoms with Gasteiger partial charge in [0.1, 0.15) is 17.8 Å². The summed E-state index contributed by atoms with van der Waals surface area (Å²) < 4.78 is 51.3. The van der Waals surface area contributed by atoms with Crippen molar-refractivity contribution in [2.45, 2.75) is 6.61 Å². The van der Waals surface area contributed by atoms with Crippen molar-refractivity contribution in [2.24, 2.45) is 0 Å². The molecule has 0 spiro atoms. The Balaban J connectivity index is 1.33. The largest absolute Gasteiger partial charge is 0.486 e. The van der Waals surface area contributed by atoms with E-state index in [0.29, 0.717) is 21.9 Å². The van der Waals surface area contributed by atoms with Crippen LogP contribution in [0.2, 0.25) is 0 Å². The summed E-state index contributed by atoms with van der Waals surface area (Å²) in [7, 11) is 0. The number of benzene rings is 4. The van der Waals surface area contributed by atoms with E-state index in [1.165, 1.54) is 6.07 Å². The molecule has 0 saturated carbocycles. The van der Waals surface area contributed by atoms with Gasteiger partial charge in [-0.1, -0.05) is 30.3 Å². The normalized spacial score (nSPS) is 11.7. The molecule has 0 atom stereocenters. The summed E-state index contributed by atoms with van der Waals surface area (Å²) in [5.74, 6) is -1.10. The van der Waals surface area contributed by atoms with Gasteiger partial charge in [-0.3, -0.25) is 0 Å². The smallest absolute Gasteiger partial charge is 0.209 e. The number of ether oxygens (including phenoxy) is 1. The molecule has 0 radical (unpaired) electrons. The Morgan fingerprint density at radius 1 is 0.688 bits per heavy atom. The molecule has 32 heavy (non-hydrogen) atoms. The zero-order valence-electron chi connectivity index (χ0n) is 16.4. The van der Waals surface area contributed by atoms with Gasteiger partial charge >= 0.3 is 0 Å². The van der Waals surface area contributed by atoms with E-state index in [-0.39, 0.29) is 29.3 Å². The fourth-order valence-corrected chi connectivity index (χ4v) is 4.15. The second-order valence-corrected chi connectivity index (χ2v) is 7.60. The highest BCUT2D eigenvalue weighted by Gasteiger charge is 2.17. The minimum atomic E-state index is -0.618. The number of rotatable bonds is 4. The maximum atomic E-state index is 15.0. The summed E-state index contributed by atoms with van der Waals surface area (Å²) >= 11 is 3.66. The number of thiol groups is 1. The van der Waals surface area contributed by atoms with Gasteiger partial charge in [0.2, 0.25) is 11.6 Å². The number of fused-ring (bicyclic) bond motifs is 6. The van der Waals surface area contributed by atoms with Gasteiger partial charge in [0.25, 0.3) is 0 Å². The van der Waals surface area contributed by atoms with Crippen LogP contribution >= 0.6 is 12.9 Å². The summed E-state index contributed by atoms with van der Waals surface area (Å²) in [5.41, 5.74) is 2.10. The predicted octanol–water partition coefficient (Wildman–Crippen LogP) is 7.57. The average molecular weight is 448 g/mol. The van der Waals surface area contributed by atoms with Crippen LogP contribution in [-0.4, -0.2) is 0 Å². The topological polar surface area (TPSA) is 44.7 Å². The molecule has 0 aliphatic rings. The molecule has 4 aromatic carbocycles. The van der Waals surface area contributed by atoms with Crippen molar-refractivity contribution in [3.63, 3.8) is 0 Å². The van der Waals surface area contributed by atoms with E-state index in [9.17, 15) is 4.39 Å². The van der Waals surface area contributed by atoms with Gasteiger partial charge in [0, 0.05) is 34.5 Å². The second-order valence-electron chi connectivity index (χ2n) is 7.42. The lowest BCUT2D eigenvalue weighted by atomic mass is 10.1. The van der Waals surface area contributed by atoms with E-state index >= 15 is 4.39 Å². The molecule has 2 aromatic heterocycles. The van der Waals surface area contributed by atoms with Gasteiger partial charge in [0.05, 0.1) is 0 Å². The first-order valence-electron chi connectivity index (χ1n) is 9.81. The number of furan rings is 2. The Hall–Kier alpha value is -3.71. The summed E-state index contributed by atoms with van der Waals surface area (Å²) in [6.07, 6.45) is 0. The van der Waals surface area contributed by atoms with Crippen LogP contribution in [0.15, 0.2) is 75.6 Å². The molecule has 0 bridgehead atoms. The van der Waals surface area contributed by atoms with Crippen molar-refractivity contribution >= 4 is 56.8 Å². The Labute approximate surface area is 185 Å². The van der Waals surface area contributed by atoms with Crippen LogP contribution in [0.1, 0.15) is 5.56 Å². The lowest BCUT2D eigenvalue weighted by molar-refractivity contribution is 0.290. The van der Waals surface area contributed by atoms with Crippen molar-refractivity contribution < 1.29 is 26.5 Å². The Kier molecular flexibility index (Phi) is 4.26. The molecule has 0 unspecified atom stereocenters. The third kappa shape index (κ3) is 2.81. The summed E-state index contributed by atoms with van der Waals surface area (Å²) in [4.78, 5) is 0. The third-order valence-electron chi connectivity index (χ3n) is 5.55. The van der Waals surface area contributed by atoms with Crippen LogP contribution < -0.4 is 8.92 Å². The first-order valence-corrected chi connectivity index (χ1v) is 10.2. The van der Waals surface area contributed by atoms with Crippen LogP contribution in [0.3, 0.4) is 0 Å². The molecular formula is C25H14F2O4S. The Morgan fingerprint density at radius 2 is 1.31 bits per heavy atom. The van der Waals surface area contributed by atoms with Crippen molar-refractivity contribution in [3.8, 4) is 11.5 Å². The Morgan fingerprint density at radius 3 is 2.09 bits per heavy atom. The Bertz CT molecular complexity index is 1650. The molecule has 0 N–H and O–H groups in total. The zero-order valence-corrected chi connectivity index (χ0v) is 17.3. The van der Waals surface area contributed by atoms with E-state index in [1.54, 1.807) is 30.3 Å². The van der Waals surface area contributed by atoms with Crippen molar-refractivity contribution in [1.82, 2.24) is 0 Å². The molecule has 7 heteroatoms.